The molecule has 1 aromatic rings. The van der Waals surface area contributed by atoms with Gasteiger partial charge in [-0.25, -0.2) is 4.79 Å². The Morgan fingerprint density at radius 1 is 1.57 bits per heavy atom. The van der Waals surface area contributed by atoms with Crippen molar-refractivity contribution in [2.75, 3.05) is 5.73 Å². The Kier molecular flexibility index (Phi) is 4.84. The van der Waals surface area contributed by atoms with E-state index in [2.05, 4.69) is 6.58 Å². The molecule has 4 nitrogen and oxygen atoms in total. The molecule has 1 aromatic carbocycles. The predicted octanol–water partition coefficient (Wildman–Crippen LogP) is 1.86. The van der Waals surface area contributed by atoms with Crippen LogP contribution in [0.2, 0.25) is 0 Å². The molecule has 0 atom stereocenters. The van der Waals surface area contributed by atoms with Crippen LogP contribution in [-0.4, -0.2) is 16.2 Å². The number of nitrogens with two attached hydrogens (primary N) is 1. The molecule has 0 aromatic heterocycles. The number of nitrogen functional groups attached to an aromatic ring is 1. The average molecular weight is 195 g/mol. The molecule has 4 heteroatoms. The summed E-state index contributed by atoms with van der Waals surface area (Å²) in [6.45, 7) is 5.25. The Labute approximate surface area is 82.3 Å². The zero-order valence-corrected chi connectivity index (χ0v) is 7.90. The van der Waals surface area contributed by atoms with E-state index in [-0.39, 0.29) is 11.3 Å². The van der Waals surface area contributed by atoms with E-state index in [1.165, 1.54) is 18.2 Å². The van der Waals surface area contributed by atoms with Crippen LogP contribution >= 0.6 is 0 Å². The standard InChI is InChI=1S/C7H7NO3.C3H6/c8-4-1-2-5(7(10)11)6(9)3-4;1-3-2/h1-3,9H,8H2,(H,10,11);3H,1H2,2H3. The minimum atomic E-state index is -1.16. The second-order valence-electron chi connectivity index (χ2n) is 2.49. The molecule has 4 N–H and O–H groups in total. The lowest BCUT2D eigenvalue weighted by molar-refractivity contribution is 0.0694. The number of carboxylic acid groups (broad SMARTS) is 1. The van der Waals surface area contributed by atoms with E-state index in [0.717, 1.165) is 0 Å². The van der Waals surface area contributed by atoms with Gasteiger partial charge in [0.05, 0.1) is 0 Å². The van der Waals surface area contributed by atoms with E-state index in [4.69, 9.17) is 15.9 Å². The zero-order valence-electron chi connectivity index (χ0n) is 7.90. The van der Waals surface area contributed by atoms with Crippen LogP contribution in [0.1, 0.15) is 17.3 Å². The van der Waals surface area contributed by atoms with Crippen LogP contribution in [-0.2, 0) is 0 Å². The fraction of sp³-hybridized carbons (Fsp3) is 0.100. The van der Waals surface area contributed by atoms with Gasteiger partial charge in [-0.2, -0.15) is 0 Å². The van der Waals surface area contributed by atoms with Crippen LogP contribution in [0.15, 0.2) is 30.9 Å². The Morgan fingerprint density at radius 3 is 2.43 bits per heavy atom. The average Bonchev–Trinajstić information content (AvgIpc) is 2.04. The molecule has 0 aliphatic rings. The maximum Gasteiger partial charge on any atom is 0.339 e. The van der Waals surface area contributed by atoms with Crippen molar-refractivity contribution in [1.29, 1.82) is 0 Å². The maximum absolute atomic E-state index is 10.3. The minimum Gasteiger partial charge on any atom is -0.507 e. The lowest BCUT2D eigenvalue weighted by Gasteiger charge is -1.98. The Balaban J connectivity index is 0.000000500. The summed E-state index contributed by atoms with van der Waals surface area (Å²) in [7, 11) is 0. The zero-order chi connectivity index (χ0) is 11.1. The highest BCUT2D eigenvalue weighted by atomic mass is 16.4. The maximum atomic E-state index is 10.3. The number of phenols is 1. The number of carbonyl (C=O) groups is 1. The van der Waals surface area contributed by atoms with E-state index in [9.17, 15) is 4.79 Å². The molecule has 0 amide bonds. The van der Waals surface area contributed by atoms with E-state index in [1.54, 1.807) is 6.08 Å². The van der Waals surface area contributed by atoms with Gasteiger partial charge in [0, 0.05) is 11.8 Å². The van der Waals surface area contributed by atoms with Crippen molar-refractivity contribution in [2.45, 2.75) is 6.92 Å². The van der Waals surface area contributed by atoms with Gasteiger partial charge in [0.2, 0.25) is 0 Å². The first-order valence-corrected chi connectivity index (χ1v) is 3.91. The van der Waals surface area contributed by atoms with E-state index in [1.807, 2.05) is 6.92 Å². The summed E-state index contributed by atoms with van der Waals surface area (Å²) < 4.78 is 0. The van der Waals surface area contributed by atoms with Crippen LogP contribution in [0, 0.1) is 0 Å². The van der Waals surface area contributed by atoms with Crippen molar-refractivity contribution in [2.24, 2.45) is 0 Å². The van der Waals surface area contributed by atoms with E-state index >= 15 is 0 Å². The van der Waals surface area contributed by atoms with Crippen molar-refractivity contribution in [3.8, 4) is 5.75 Å². The summed E-state index contributed by atoms with van der Waals surface area (Å²) in [6.07, 6.45) is 1.75. The van der Waals surface area contributed by atoms with Crippen molar-refractivity contribution in [3.05, 3.63) is 36.4 Å². The minimum absolute atomic E-state index is 0.140. The number of benzene rings is 1. The van der Waals surface area contributed by atoms with Crippen LogP contribution in [0.25, 0.3) is 0 Å². The molecular formula is C10H13NO3. The third kappa shape index (κ3) is 3.62. The SMILES string of the molecule is C=CC.Nc1ccc(C(=O)O)c(O)c1. The normalized spacial score (nSPS) is 8.36. The number of aromatic hydroxyl groups is 1. The first-order valence-electron chi connectivity index (χ1n) is 3.91. The monoisotopic (exact) mass is 195 g/mol. The third-order valence-electron chi connectivity index (χ3n) is 1.25. The number of hydrogen-bond acceptors (Lipinski definition) is 3. The first-order chi connectivity index (χ1) is 6.52. The summed E-state index contributed by atoms with van der Waals surface area (Å²) in [4.78, 5) is 10.3. The van der Waals surface area contributed by atoms with Gasteiger partial charge in [-0.05, 0) is 19.1 Å². The van der Waals surface area contributed by atoms with Gasteiger partial charge in [0.1, 0.15) is 11.3 Å². The molecule has 0 bridgehead atoms. The fourth-order valence-electron chi connectivity index (χ4n) is 0.730. The molecular weight excluding hydrogens is 182 g/mol. The van der Waals surface area contributed by atoms with Crippen molar-refractivity contribution >= 4 is 11.7 Å². The molecule has 0 aliphatic heterocycles. The summed E-state index contributed by atoms with van der Waals surface area (Å²) in [5, 5.41) is 17.5. The highest BCUT2D eigenvalue weighted by Gasteiger charge is 2.07. The quantitative estimate of drug-likeness (QED) is 0.471. The van der Waals surface area contributed by atoms with Crippen LogP contribution in [0.3, 0.4) is 0 Å². The Morgan fingerprint density at radius 2 is 2.07 bits per heavy atom. The smallest absolute Gasteiger partial charge is 0.339 e. The van der Waals surface area contributed by atoms with Crippen LogP contribution in [0.4, 0.5) is 5.69 Å². The second-order valence-corrected chi connectivity index (χ2v) is 2.49. The number of allylic oxidation sites excluding steroid dienone is 1. The molecule has 0 saturated carbocycles. The molecule has 0 saturated heterocycles. The topological polar surface area (TPSA) is 83.6 Å². The largest absolute Gasteiger partial charge is 0.507 e. The van der Waals surface area contributed by atoms with Crippen LogP contribution < -0.4 is 5.73 Å². The van der Waals surface area contributed by atoms with Crippen molar-refractivity contribution in [1.82, 2.24) is 0 Å². The predicted molar refractivity (Wildman–Crippen MR) is 55.3 cm³/mol. The Hall–Kier alpha value is -1.97. The lowest BCUT2D eigenvalue weighted by Crippen LogP contribution is -1.97. The van der Waals surface area contributed by atoms with Gasteiger partial charge < -0.3 is 15.9 Å². The molecule has 0 heterocycles. The summed E-state index contributed by atoms with van der Waals surface area (Å²) in [5.41, 5.74) is 5.48. The molecule has 0 unspecified atom stereocenters. The summed E-state index contributed by atoms with van der Waals surface area (Å²) in [5.74, 6) is -1.47. The molecule has 14 heavy (non-hydrogen) atoms. The molecule has 1 rings (SSSR count). The third-order valence-corrected chi connectivity index (χ3v) is 1.25. The van der Waals surface area contributed by atoms with Crippen molar-refractivity contribution in [3.63, 3.8) is 0 Å². The Bertz CT molecular complexity index is 334. The number of hydrogen-bond donors (Lipinski definition) is 3. The number of carboxylic acids is 1. The molecule has 0 fully saturated rings. The number of aromatic carboxylic acids is 1. The fourth-order valence-corrected chi connectivity index (χ4v) is 0.730. The second kappa shape index (κ2) is 5.64. The lowest BCUT2D eigenvalue weighted by atomic mass is 10.2. The highest BCUT2D eigenvalue weighted by Crippen LogP contribution is 2.19. The molecule has 0 aliphatic carbocycles. The van der Waals surface area contributed by atoms with Crippen molar-refractivity contribution < 1.29 is 15.0 Å². The van der Waals surface area contributed by atoms with E-state index < -0.39 is 5.97 Å². The summed E-state index contributed by atoms with van der Waals surface area (Å²) >= 11 is 0. The van der Waals surface area contributed by atoms with Gasteiger partial charge in [-0.3, -0.25) is 0 Å². The highest BCUT2D eigenvalue weighted by molar-refractivity contribution is 5.91. The van der Waals surface area contributed by atoms with Crippen LogP contribution in [0.5, 0.6) is 5.75 Å². The molecule has 76 valence electrons. The molecule has 0 spiro atoms. The number of anilines is 1. The van der Waals surface area contributed by atoms with Gasteiger partial charge in [0.25, 0.3) is 0 Å². The number of rotatable bonds is 1. The van der Waals surface area contributed by atoms with Gasteiger partial charge >= 0.3 is 5.97 Å². The van der Waals surface area contributed by atoms with E-state index in [0.29, 0.717) is 5.69 Å². The van der Waals surface area contributed by atoms with Gasteiger partial charge in [0.15, 0.2) is 0 Å². The first kappa shape index (κ1) is 12.0. The van der Waals surface area contributed by atoms with Gasteiger partial charge in [-0.15, -0.1) is 6.58 Å². The molecule has 0 radical (unpaired) electrons. The van der Waals surface area contributed by atoms with Gasteiger partial charge in [-0.1, -0.05) is 6.08 Å². The summed E-state index contributed by atoms with van der Waals surface area (Å²) in [6, 6.07) is 3.87.